The molecular formula is C33H41FO. The van der Waals surface area contributed by atoms with E-state index in [0.29, 0.717) is 6.61 Å². The summed E-state index contributed by atoms with van der Waals surface area (Å²) in [6.07, 6.45) is 10.6. The summed E-state index contributed by atoms with van der Waals surface area (Å²) in [5.41, 5.74) is 7.68. The van der Waals surface area contributed by atoms with Gasteiger partial charge in [-0.15, -0.1) is 0 Å². The quantitative estimate of drug-likeness (QED) is 0.239. The zero-order chi connectivity index (χ0) is 24.3. The fourth-order valence-electron chi connectivity index (χ4n) is 5.39. The molecule has 1 saturated carbocycles. The van der Waals surface area contributed by atoms with Gasteiger partial charge in [0.05, 0.1) is 13.3 Å². The number of hydrogen-bond acceptors (Lipinski definition) is 1. The Balaban J connectivity index is 1.26. The molecule has 0 radical (unpaired) electrons. The fraction of sp³-hybridized carbons (Fsp3) is 0.455. The summed E-state index contributed by atoms with van der Waals surface area (Å²) in [7, 11) is 0. The molecule has 1 nitrogen and oxygen atoms in total. The molecule has 1 fully saturated rings. The molecule has 0 amide bonds. The maximum absolute atomic E-state index is 12.4. The first-order valence-electron chi connectivity index (χ1n) is 13.7. The lowest BCUT2D eigenvalue weighted by molar-refractivity contribution is 0.121. The Bertz CT molecular complexity index is 983. The monoisotopic (exact) mass is 472 g/mol. The van der Waals surface area contributed by atoms with Crippen LogP contribution in [0.2, 0.25) is 0 Å². The van der Waals surface area contributed by atoms with Gasteiger partial charge < -0.3 is 4.74 Å². The van der Waals surface area contributed by atoms with Crippen molar-refractivity contribution >= 4 is 0 Å². The van der Waals surface area contributed by atoms with Crippen LogP contribution in [0.3, 0.4) is 0 Å². The van der Waals surface area contributed by atoms with Crippen LogP contribution in [-0.2, 0) is 17.8 Å². The topological polar surface area (TPSA) is 9.23 Å². The van der Waals surface area contributed by atoms with Gasteiger partial charge in [0.15, 0.2) is 0 Å². The molecule has 0 saturated heterocycles. The molecule has 0 N–H and O–H groups in total. The SMILES string of the molecule is CCCOCc1ccc(-c2ccc(-c3ccc(CC[C@H]4CC[C@H](CCCF)CC4)cc3)cc2)cc1. The Morgan fingerprint density at radius 3 is 1.60 bits per heavy atom. The molecule has 0 heterocycles. The Morgan fingerprint density at radius 2 is 1.11 bits per heavy atom. The molecule has 0 unspecified atom stereocenters. The summed E-state index contributed by atoms with van der Waals surface area (Å²) in [5, 5.41) is 0. The number of halogens is 1. The number of ether oxygens (including phenoxy) is 1. The normalized spacial score (nSPS) is 18.0. The van der Waals surface area contributed by atoms with Crippen LogP contribution in [0.5, 0.6) is 0 Å². The van der Waals surface area contributed by atoms with Crippen LogP contribution in [0.15, 0.2) is 72.8 Å². The van der Waals surface area contributed by atoms with Gasteiger partial charge in [0.1, 0.15) is 0 Å². The predicted molar refractivity (Wildman–Crippen MR) is 146 cm³/mol. The largest absolute Gasteiger partial charge is 0.377 e. The van der Waals surface area contributed by atoms with Crippen LogP contribution in [0, 0.1) is 11.8 Å². The molecule has 3 aromatic carbocycles. The Kier molecular flexibility index (Phi) is 9.95. The first-order valence-corrected chi connectivity index (χ1v) is 13.7. The Labute approximate surface area is 211 Å². The summed E-state index contributed by atoms with van der Waals surface area (Å²) in [6, 6.07) is 26.7. The van der Waals surface area contributed by atoms with Crippen LogP contribution in [0.25, 0.3) is 22.3 Å². The van der Waals surface area contributed by atoms with E-state index in [1.807, 2.05) is 0 Å². The molecule has 35 heavy (non-hydrogen) atoms. The second-order valence-corrected chi connectivity index (χ2v) is 10.3. The molecule has 0 aromatic heterocycles. The number of aryl methyl sites for hydroxylation is 1. The second kappa shape index (κ2) is 13.6. The van der Waals surface area contributed by atoms with Gasteiger partial charge in [0.25, 0.3) is 0 Å². The van der Waals surface area contributed by atoms with E-state index in [0.717, 1.165) is 37.7 Å². The van der Waals surface area contributed by atoms with E-state index >= 15 is 0 Å². The van der Waals surface area contributed by atoms with Crippen LogP contribution >= 0.6 is 0 Å². The third-order valence-electron chi connectivity index (χ3n) is 7.63. The molecule has 1 aliphatic rings. The average Bonchev–Trinajstić information content (AvgIpc) is 2.92. The third kappa shape index (κ3) is 7.77. The molecular weight excluding hydrogens is 431 g/mol. The van der Waals surface area contributed by atoms with Gasteiger partial charge in [0.2, 0.25) is 0 Å². The second-order valence-electron chi connectivity index (χ2n) is 10.3. The first-order chi connectivity index (χ1) is 17.2. The molecule has 0 spiro atoms. The van der Waals surface area contributed by atoms with Gasteiger partial charge in [-0.2, -0.15) is 0 Å². The van der Waals surface area contributed by atoms with Crippen molar-refractivity contribution < 1.29 is 9.13 Å². The van der Waals surface area contributed by atoms with Crippen molar-refractivity contribution in [2.75, 3.05) is 13.3 Å². The maximum Gasteiger partial charge on any atom is 0.0894 e. The molecule has 2 heteroatoms. The highest BCUT2D eigenvalue weighted by molar-refractivity contribution is 5.70. The van der Waals surface area contributed by atoms with E-state index < -0.39 is 0 Å². The van der Waals surface area contributed by atoms with E-state index in [1.165, 1.54) is 71.9 Å². The van der Waals surface area contributed by atoms with Crippen LogP contribution in [-0.4, -0.2) is 13.3 Å². The van der Waals surface area contributed by atoms with Gasteiger partial charge in [-0.25, -0.2) is 0 Å². The molecule has 0 atom stereocenters. The van der Waals surface area contributed by atoms with Gasteiger partial charge in [0, 0.05) is 6.61 Å². The summed E-state index contributed by atoms with van der Waals surface area (Å²) >= 11 is 0. The predicted octanol–water partition coefficient (Wildman–Crippen LogP) is 9.44. The number of hydrogen-bond donors (Lipinski definition) is 0. The maximum atomic E-state index is 12.4. The average molecular weight is 473 g/mol. The summed E-state index contributed by atoms with van der Waals surface area (Å²) in [5.74, 6) is 1.62. The van der Waals surface area contributed by atoms with E-state index in [-0.39, 0.29) is 6.67 Å². The number of rotatable bonds is 12. The lowest BCUT2D eigenvalue weighted by Crippen LogP contribution is -2.15. The molecule has 4 rings (SSSR count). The van der Waals surface area contributed by atoms with E-state index in [1.54, 1.807) is 0 Å². The standard InChI is InChI=1S/C33H41FO/c1-2-24-35-25-29-13-17-31(18-14-29)33-21-19-32(20-22-33)30-15-11-28(12-16-30)10-9-27-7-5-26(6-8-27)4-3-23-34/h11-22,26-27H,2-10,23-25H2,1H3/t26-,27-. The van der Waals surface area contributed by atoms with Crippen molar-refractivity contribution in [3.05, 3.63) is 83.9 Å². The molecule has 1 aliphatic carbocycles. The first kappa shape index (κ1) is 25.6. The summed E-state index contributed by atoms with van der Waals surface area (Å²) in [6.45, 7) is 3.48. The van der Waals surface area contributed by atoms with Gasteiger partial charge >= 0.3 is 0 Å². The summed E-state index contributed by atoms with van der Waals surface area (Å²) < 4.78 is 18.0. The minimum absolute atomic E-state index is 0.150. The van der Waals surface area contributed by atoms with Gasteiger partial charge in [-0.1, -0.05) is 105 Å². The van der Waals surface area contributed by atoms with Crippen molar-refractivity contribution in [3.8, 4) is 22.3 Å². The smallest absolute Gasteiger partial charge is 0.0894 e. The molecule has 0 aliphatic heterocycles. The zero-order valence-corrected chi connectivity index (χ0v) is 21.4. The van der Waals surface area contributed by atoms with Crippen LogP contribution in [0.4, 0.5) is 4.39 Å². The van der Waals surface area contributed by atoms with Crippen molar-refractivity contribution in [1.82, 2.24) is 0 Å². The van der Waals surface area contributed by atoms with E-state index in [9.17, 15) is 4.39 Å². The molecule has 186 valence electrons. The number of benzene rings is 3. The third-order valence-corrected chi connectivity index (χ3v) is 7.63. The molecule has 0 bridgehead atoms. The zero-order valence-electron chi connectivity index (χ0n) is 21.4. The Hall–Kier alpha value is -2.45. The van der Waals surface area contributed by atoms with Gasteiger partial charge in [-0.05, 0) is 77.3 Å². The minimum atomic E-state index is -0.150. The highest BCUT2D eigenvalue weighted by atomic mass is 19.1. The highest BCUT2D eigenvalue weighted by Gasteiger charge is 2.20. The van der Waals surface area contributed by atoms with Crippen molar-refractivity contribution in [1.29, 1.82) is 0 Å². The number of alkyl halides is 1. The molecule has 3 aromatic rings. The van der Waals surface area contributed by atoms with E-state index in [4.69, 9.17) is 4.74 Å². The lowest BCUT2D eigenvalue weighted by Gasteiger charge is -2.28. The van der Waals surface area contributed by atoms with Crippen molar-refractivity contribution in [2.24, 2.45) is 11.8 Å². The fourth-order valence-corrected chi connectivity index (χ4v) is 5.39. The summed E-state index contributed by atoms with van der Waals surface area (Å²) in [4.78, 5) is 0. The highest BCUT2D eigenvalue weighted by Crippen LogP contribution is 2.34. The van der Waals surface area contributed by atoms with Crippen LogP contribution < -0.4 is 0 Å². The van der Waals surface area contributed by atoms with E-state index in [2.05, 4.69) is 79.7 Å². The lowest BCUT2D eigenvalue weighted by atomic mass is 9.78. The Morgan fingerprint density at radius 1 is 0.657 bits per heavy atom. The van der Waals surface area contributed by atoms with Gasteiger partial charge in [-0.3, -0.25) is 4.39 Å². The van der Waals surface area contributed by atoms with Crippen LogP contribution in [0.1, 0.15) is 69.4 Å². The van der Waals surface area contributed by atoms with Crippen molar-refractivity contribution in [2.45, 2.75) is 71.3 Å². The minimum Gasteiger partial charge on any atom is -0.377 e. The van der Waals surface area contributed by atoms with Crippen molar-refractivity contribution in [3.63, 3.8) is 0 Å².